The van der Waals surface area contributed by atoms with Crippen molar-refractivity contribution in [2.75, 3.05) is 0 Å². The van der Waals surface area contributed by atoms with E-state index in [9.17, 15) is 0 Å². The average Bonchev–Trinajstić information content (AvgIpc) is 3.14. The number of benzene rings is 2. The fraction of sp³-hybridized carbons (Fsp3) is 0.227. The van der Waals surface area contributed by atoms with Gasteiger partial charge in [0.1, 0.15) is 12.0 Å². The Morgan fingerprint density at radius 1 is 1.04 bits per heavy atom. The molecule has 1 aromatic heterocycles. The molecule has 1 heterocycles. The molecule has 0 aliphatic heterocycles. The Hall–Kier alpha value is -2.61. The summed E-state index contributed by atoms with van der Waals surface area (Å²) in [5, 5.41) is 0. The number of hydrogen-bond acceptors (Lipinski definition) is 2. The van der Waals surface area contributed by atoms with Gasteiger partial charge in [0.05, 0.1) is 5.41 Å². The highest BCUT2D eigenvalue weighted by molar-refractivity contribution is 5.57. The fourth-order valence-electron chi connectivity index (χ4n) is 2.88. The Morgan fingerprint density at radius 3 is 2.38 bits per heavy atom. The lowest BCUT2D eigenvalue weighted by Gasteiger charge is -2.21. The van der Waals surface area contributed by atoms with E-state index >= 15 is 0 Å². The maximum Gasteiger partial charge on any atom is 0.204 e. The first kappa shape index (κ1) is 16.3. The molecular formula is C22H23NO. The van der Waals surface area contributed by atoms with E-state index in [1.807, 2.05) is 36.4 Å². The average molecular weight is 317 g/mol. The predicted octanol–water partition coefficient (Wildman–Crippen LogP) is 5.81. The van der Waals surface area contributed by atoms with Gasteiger partial charge in [0.2, 0.25) is 5.89 Å². The van der Waals surface area contributed by atoms with Crippen molar-refractivity contribution in [3.8, 4) is 11.3 Å². The molecule has 24 heavy (non-hydrogen) atoms. The van der Waals surface area contributed by atoms with Crippen molar-refractivity contribution >= 4 is 0 Å². The Labute approximate surface area is 143 Å². The zero-order valence-corrected chi connectivity index (χ0v) is 14.1. The molecule has 122 valence electrons. The summed E-state index contributed by atoms with van der Waals surface area (Å²) in [5.74, 6) is 0.740. The molecule has 0 saturated carbocycles. The van der Waals surface area contributed by atoms with Gasteiger partial charge < -0.3 is 4.42 Å². The molecular weight excluding hydrogens is 294 g/mol. The standard InChI is InChI=1S/C22H23NO/c1-3-22(2,16-10-13-18-11-6-4-7-12-18)21-23-20(17-24-21)19-14-8-5-9-15-19/h3-9,11-12,14-15,17H,1,10,13,16H2,2H3/t22-/m1/s1. The zero-order chi connectivity index (χ0) is 16.8. The summed E-state index contributed by atoms with van der Waals surface area (Å²) in [6, 6.07) is 20.7. The highest BCUT2D eigenvalue weighted by Gasteiger charge is 2.28. The summed E-state index contributed by atoms with van der Waals surface area (Å²) in [5.41, 5.74) is 3.06. The molecule has 2 nitrogen and oxygen atoms in total. The second-order valence-corrected chi connectivity index (χ2v) is 6.36. The quantitative estimate of drug-likeness (QED) is 0.514. The van der Waals surface area contributed by atoms with Crippen molar-refractivity contribution < 1.29 is 4.42 Å². The van der Waals surface area contributed by atoms with Gasteiger partial charge in [-0.15, -0.1) is 6.58 Å². The van der Waals surface area contributed by atoms with Crippen LogP contribution in [0, 0.1) is 0 Å². The second-order valence-electron chi connectivity index (χ2n) is 6.36. The summed E-state index contributed by atoms with van der Waals surface area (Å²) in [7, 11) is 0. The van der Waals surface area contributed by atoms with Gasteiger partial charge in [0, 0.05) is 5.56 Å². The third kappa shape index (κ3) is 3.65. The van der Waals surface area contributed by atoms with E-state index in [4.69, 9.17) is 9.40 Å². The minimum atomic E-state index is -0.248. The Balaban J connectivity index is 1.70. The van der Waals surface area contributed by atoms with Crippen molar-refractivity contribution in [1.82, 2.24) is 4.98 Å². The van der Waals surface area contributed by atoms with Crippen LogP contribution in [0.15, 0.2) is 84.0 Å². The van der Waals surface area contributed by atoms with Crippen LogP contribution in [0.25, 0.3) is 11.3 Å². The van der Waals surface area contributed by atoms with Crippen LogP contribution in [0.5, 0.6) is 0 Å². The van der Waals surface area contributed by atoms with Crippen LogP contribution < -0.4 is 0 Å². The Kier molecular flexibility index (Phi) is 4.95. The lowest BCUT2D eigenvalue weighted by molar-refractivity contribution is 0.376. The van der Waals surface area contributed by atoms with Crippen molar-refractivity contribution in [1.29, 1.82) is 0 Å². The van der Waals surface area contributed by atoms with E-state index in [0.29, 0.717) is 0 Å². The first-order valence-electron chi connectivity index (χ1n) is 8.40. The molecule has 0 unspecified atom stereocenters. The molecule has 0 saturated heterocycles. The van der Waals surface area contributed by atoms with Gasteiger partial charge in [0.25, 0.3) is 0 Å². The molecule has 0 amide bonds. The van der Waals surface area contributed by atoms with E-state index in [-0.39, 0.29) is 5.41 Å². The van der Waals surface area contributed by atoms with Crippen LogP contribution in [0.3, 0.4) is 0 Å². The minimum absolute atomic E-state index is 0.248. The van der Waals surface area contributed by atoms with Crippen LogP contribution >= 0.6 is 0 Å². The second kappa shape index (κ2) is 7.31. The van der Waals surface area contributed by atoms with Gasteiger partial charge in [-0.25, -0.2) is 4.98 Å². The highest BCUT2D eigenvalue weighted by Crippen LogP contribution is 2.32. The third-order valence-corrected chi connectivity index (χ3v) is 4.52. The number of aryl methyl sites for hydroxylation is 1. The van der Waals surface area contributed by atoms with E-state index in [2.05, 4.69) is 43.8 Å². The van der Waals surface area contributed by atoms with Crippen LogP contribution in [0.4, 0.5) is 0 Å². The first-order chi connectivity index (χ1) is 11.7. The van der Waals surface area contributed by atoms with Crippen molar-refractivity contribution in [2.24, 2.45) is 0 Å². The third-order valence-electron chi connectivity index (χ3n) is 4.52. The van der Waals surface area contributed by atoms with Crippen molar-refractivity contribution in [3.63, 3.8) is 0 Å². The molecule has 0 aliphatic carbocycles. The van der Waals surface area contributed by atoms with E-state index in [0.717, 1.165) is 36.4 Å². The Morgan fingerprint density at radius 2 is 1.71 bits per heavy atom. The van der Waals surface area contributed by atoms with E-state index < -0.39 is 0 Å². The number of aromatic nitrogens is 1. The topological polar surface area (TPSA) is 26.0 Å². The predicted molar refractivity (Wildman–Crippen MR) is 98.9 cm³/mol. The molecule has 3 rings (SSSR count). The molecule has 0 fully saturated rings. The molecule has 0 N–H and O–H groups in total. The number of nitrogens with zero attached hydrogens (tertiary/aromatic N) is 1. The van der Waals surface area contributed by atoms with Gasteiger partial charge in [-0.3, -0.25) is 0 Å². The summed E-state index contributed by atoms with van der Waals surface area (Å²) in [6.07, 6.45) is 6.77. The molecule has 0 bridgehead atoms. The van der Waals surface area contributed by atoms with Crippen molar-refractivity contribution in [3.05, 3.63) is 91.0 Å². The summed E-state index contributed by atoms with van der Waals surface area (Å²) >= 11 is 0. The number of rotatable bonds is 7. The molecule has 0 radical (unpaired) electrons. The fourth-order valence-corrected chi connectivity index (χ4v) is 2.88. The van der Waals surface area contributed by atoms with E-state index in [1.165, 1.54) is 5.56 Å². The number of allylic oxidation sites excluding steroid dienone is 1. The molecule has 3 aromatic rings. The first-order valence-corrected chi connectivity index (χ1v) is 8.40. The molecule has 0 aliphatic rings. The van der Waals surface area contributed by atoms with Gasteiger partial charge >= 0.3 is 0 Å². The number of hydrogen-bond donors (Lipinski definition) is 0. The lowest BCUT2D eigenvalue weighted by atomic mass is 9.84. The van der Waals surface area contributed by atoms with Gasteiger partial charge in [-0.1, -0.05) is 66.7 Å². The molecule has 1 atom stereocenters. The SMILES string of the molecule is C=C[C@](C)(CCCc1ccccc1)c1nc(-c2ccccc2)co1. The maximum absolute atomic E-state index is 5.80. The minimum Gasteiger partial charge on any atom is -0.447 e. The van der Waals surface area contributed by atoms with Gasteiger partial charge in [-0.2, -0.15) is 0 Å². The normalized spacial score (nSPS) is 13.4. The smallest absolute Gasteiger partial charge is 0.204 e. The van der Waals surface area contributed by atoms with E-state index in [1.54, 1.807) is 6.26 Å². The molecule has 0 spiro atoms. The Bertz CT molecular complexity index is 776. The highest BCUT2D eigenvalue weighted by atomic mass is 16.3. The monoisotopic (exact) mass is 317 g/mol. The maximum atomic E-state index is 5.80. The summed E-state index contributed by atoms with van der Waals surface area (Å²) < 4.78 is 5.80. The van der Waals surface area contributed by atoms with Crippen LogP contribution in [0.2, 0.25) is 0 Å². The van der Waals surface area contributed by atoms with Gasteiger partial charge in [0.15, 0.2) is 0 Å². The van der Waals surface area contributed by atoms with Crippen molar-refractivity contribution in [2.45, 2.75) is 31.6 Å². The van der Waals surface area contributed by atoms with Crippen LogP contribution in [0.1, 0.15) is 31.2 Å². The summed E-state index contributed by atoms with van der Waals surface area (Å²) in [4.78, 5) is 4.71. The molecule has 2 heteroatoms. The van der Waals surface area contributed by atoms with Gasteiger partial charge in [-0.05, 0) is 31.7 Å². The largest absolute Gasteiger partial charge is 0.447 e. The summed E-state index contributed by atoms with van der Waals surface area (Å²) in [6.45, 7) is 6.16. The number of oxazole rings is 1. The molecule has 2 aromatic carbocycles. The lowest BCUT2D eigenvalue weighted by Crippen LogP contribution is -2.19. The van der Waals surface area contributed by atoms with Crippen LogP contribution in [-0.2, 0) is 11.8 Å². The van der Waals surface area contributed by atoms with Crippen LogP contribution in [-0.4, -0.2) is 4.98 Å². The zero-order valence-electron chi connectivity index (χ0n) is 14.1.